The van der Waals surface area contributed by atoms with Gasteiger partial charge in [-0.2, -0.15) is 0 Å². The minimum Gasteiger partial charge on any atom is -0.444 e. The number of hydrogen-bond acceptors (Lipinski definition) is 4. The van der Waals surface area contributed by atoms with Crippen molar-refractivity contribution in [2.45, 2.75) is 46.3 Å². The Hall–Kier alpha value is -1.59. The second-order valence-corrected chi connectivity index (χ2v) is 5.89. The fourth-order valence-corrected chi connectivity index (χ4v) is 1.76. The van der Waals surface area contributed by atoms with Gasteiger partial charge in [-0.25, -0.2) is 4.79 Å². The average molecular weight is 280 g/mol. The van der Waals surface area contributed by atoms with Gasteiger partial charge in [0.15, 0.2) is 0 Å². The molecule has 0 bridgehead atoms. The molecule has 1 unspecified atom stereocenters. The molecule has 0 aliphatic rings. The summed E-state index contributed by atoms with van der Waals surface area (Å²) < 4.78 is 5.23. The number of aliphatic hydroxyl groups excluding tert-OH is 1. The summed E-state index contributed by atoms with van der Waals surface area (Å²) in [5.41, 5.74) is 8.13. The molecule has 1 amide bonds. The molecule has 1 aromatic rings. The highest BCUT2D eigenvalue weighted by molar-refractivity contribution is 5.86. The van der Waals surface area contributed by atoms with Crippen LogP contribution in [0.25, 0.3) is 0 Å². The monoisotopic (exact) mass is 280 g/mol. The van der Waals surface area contributed by atoms with Gasteiger partial charge in [-0.15, -0.1) is 0 Å². The van der Waals surface area contributed by atoms with Crippen LogP contribution < -0.4 is 11.1 Å². The number of amides is 1. The summed E-state index contributed by atoms with van der Waals surface area (Å²) in [6, 6.07) is 3.59. The normalized spacial score (nSPS) is 12.9. The van der Waals surface area contributed by atoms with E-state index in [0.29, 0.717) is 11.3 Å². The fraction of sp³-hybridized carbons (Fsp3) is 0.533. The Morgan fingerprint density at radius 1 is 1.40 bits per heavy atom. The van der Waals surface area contributed by atoms with Crippen LogP contribution in [0, 0.1) is 13.8 Å². The maximum absolute atomic E-state index is 11.8. The van der Waals surface area contributed by atoms with Gasteiger partial charge in [0, 0.05) is 12.2 Å². The van der Waals surface area contributed by atoms with Gasteiger partial charge >= 0.3 is 6.09 Å². The van der Waals surface area contributed by atoms with Crippen molar-refractivity contribution >= 4 is 11.8 Å². The first-order valence-electron chi connectivity index (χ1n) is 6.63. The topological polar surface area (TPSA) is 84.6 Å². The molecule has 0 aliphatic carbocycles. The van der Waals surface area contributed by atoms with E-state index in [-0.39, 0.29) is 6.54 Å². The molecule has 1 atom stereocenters. The van der Waals surface area contributed by atoms with Gasteiger partial charge in [0.25, 0.3) is 0 Å². The third kappa shape index (κ3) is 4.51. The van der Waals surface area contributed by atoms with E-state index < -0.39 is 17.8 Å². The lowest BCUT2D eigenvalue weighted by Gasteiger charge is -2.21. The highest BCUT2D eigenvalue weighted by atomic mass is 16.6. The number of carbonyl (C=O) groups excluding carboxylic acids is 1. The minimum atomic E-state index is -0.742. The zero-order valence-corrected chi connectivity index (χ0v) is 12.8. The highest BCUT2D eigenvalue weighted by Gasteiger charge is 2.18. The summed E-state index contributed by atoms with van der Waals surface area (Å²) in [7, 11) is 0. The van der Waals surface area contributed by atoms with Crippen LogP contribution in [0.4, 0.5) is 10.5 Å². The van der Waals surface area contributed by atoms with E-state index in [1.807, 2.05) is 19.9 Å². The lowest BCUT2D eigenvalue weighted by molar-refractivity contribution is 0.0635. The molecule has 0 spiro atoms. The van der Waals surface area contributed by atoms with Gasteiger partial charge in [-0.1, -0.05) is 6.07 Å². The number of anilines is 1. The quantitative estimate of drug-likeness (QED) is 0.794. The van der Waals surface area contributed by atoms with Gasteiger partial charge in [-0.3, -0.25) is 5.32 Å². The number of carbonyl (C=O) groups is 1. The first-order valence-corrected chi connectivity index (χ1v) is 6.63. The van der Waals surface area contributed by atoms with Gasteiger partial charge in [0.2, 0.25) is 0 Å². The Balaban J connectivity index is 3.00. The molecule has 0 fully saturated rings. The molecule has 0 saturated carbocycles. The van der Waals surface area contributed by atoms with Crippen molar-refractivity contribution in [1.82, 2.24) is 0 Å². The second-order valence-electron chi connectivity index (χ2n) is 5.89. The maximum Gasteiger partial charge on any atom is 0.412 e. The molecule has 5 nitrogen and oxygen atoms in total. The van der Waals surface area contributed by atoms with Crippen LogP contribution in [0.3, 0.4) is 0 Å². The average Bonchev–Trinajstić information content (AvgIpc) is 2.31. The molecular formula is C15H24N2O3. The number of benzene rings is 1. The zero-order valence-electron chi connectivity index (χ0n) is 12.8. The molecular weight excluding hydrogens is 256 g/mol. The molecule has 5 heteroatoms. The summed E-state index contributed by atoms with van der Waals surface area (Å²) in [5, 5.41) is 12.5. The Bertz CT molecular complexity index is 493. The van der Waals surface area contributed by atoms with Crippen molar-refractivity contribution in [3.05, 3.63) is 28.8 Å². The molecule has 0 radical (unpaired) electrons. The van der Waals surface area contributed by atoms with E-state index >= 15 is 0 Å². The molecule has 1 rings (SSSR count). The number of aryl methyl sites for hydroxylation is 1. The molecule has 20 heavy (non-hydrogen) atoms. The Kier molecular flexibility index (Phi) is 5.14. The number of hydrogen-bond donors (Lipinski definition) is 3. The van der Waals surface area contributed by atoms with Crippen LogP contribution in [0.2, 0.25) is 0 Å². The summed E-state index contributed by atoms with van der Waals surface area (Å²) in [6.45, 7) is 9.37. The Labute approximate surface area is 120 Å². The third-order valence-electron chi connectivity index (χ3n) is 2.93. The molecule has 0 heterocycles. The number of aliphatic hydroxyl groups is 1. The first-order chi connectivity index (χ1) is 9.14. The number of nitrogens with one attached hydrogen (secondary N) is 1. The van der Waals surface area contributed by atoms with Crippen LogP contribution in [0.1, 0.15) is 43.6 Å². The van der Waals surface area contributed by atoms with Crippen molar-refractivity contribution in [2.24, 2.45) is 5.73 Å². The lowest BCUT2D eigenvalue weighted by Crippen LogP contribution is -2.27. The van der Waals surface area contributed by atoms with Crippen LogP contribution in [-0.2, 0) is 4.74 Å². The summed E-state index contributed by atoms with van der Waals surface area (Å²) in [5.74, 6) is 0. The van der Waals surface area contributed by atoms with Crippen molar-refractivity contribution in [3.63, 3.8) is 0 Å². The largest absolute Gasteiger partial charge is 0.444 e. The predicted octanol–water partition coefficient (Wildman–Crippen LogP) is 2.64. The second kappa shape index (κ2) is 6.24. The van der Waals surface area contributed by atoms with Crippen LogP contribution >= 0.6 is 0 Å². The van der Waals surface area contributed by atoms with E-state index in [2.05, 4.69) is 5.32 Å². The number of ether oxygens (including phenoxy) is 1. The molecule has 0 aromatic heterocycles. The predicted molar refractivity (Wildman–Crippen MR) is 79.8 cm³/mol. The van der Waals surface area contributed by atoms with Crippen molar-refractivity contribution in [3.8, 4) is 0 Å². The summed E-state index contributed by atoms with van der Waals surface area (Å²) in [6.07, 6.45) is -1.26. The molecule has 4 N–H and O–H groups in total. The van der Waals surface area contributed by atoms with Gasteiger partial charge in [-0.05, 0) is 57.4 Å². The number of nitrogens with two attached hydrogens (primary N) is 1. The Morgan fingerprint density at radius 3 is 2.50 bits per heavy atom. The van der Waals surface area contributed by atoms with Gasteiger partial charge in [0.1, 0.15) is 5.60 Å². The Morgan fingerprint density at radius 2 is 2.00 bits per heavy atom. The van der Waals surface area contributed by atoms with Crippen LogP contribution in [0.5, 0.6) is 0 Å². The van der Waals surface area contributed by atoms with E-state index in [0.717, 1.165) is 11.1 Å². The lowest BCUT2D eigenvalue weighted by atomic mass is 10.0. The van der Waals surface area contributed by atoms with Gasteiger partial charge < -0.3 is 15.6 Å². The highest BCUT2D eigenvalue weighted by Crippen LogP contribution is 2.25. The van der Waals surface area contributed by atoms with Crippen LogP contribution in [0.15, 0.2) is 12.1 Å². The smallest absolute Gasteiger partial charge is 0.412 e. The summed E-state index contributed by atoms with van der Waals surface area (Å²) >= 11 is 0. The van der Waals surface area contributed by atoms with Crippen molar-refractivity contribution < 1.29 is 14.6 Å². The van der Waals surface area contributed by atoms with E-state index in [1.54, 1.807) is 26.8 Å². The van der Waals surface area contributed by atoms with E-state index in [1.165, 1.54) is 0 Å². The number of rotatable bonds is 3. The van der Waals surface area contributed by atoms with Gasteiger partial charge in [0.05, 0.1) is 6.10 Å². The minimum absolute atomic E-state index is 0.133. The van der Waals surface area contributed by atoms with Crippen molar-refractivity contribution in [2.75, 3.05) is 11.9 Å². The summed E-state index contributed by atoms with van der Waals surface area (Å²) in [4.78, 5) is 11.8. The van der Waals surface area contributed by atoms with E-state index in [4.69, 9.17) is 10.5 Å². The molecule has 0 aliphatic heterocycles. The van der Waals surface area contributed by atoms with Crippen molar-refractivity contribution in [1.29, 1.82) is 0 Å². The maximum atomic E-state index is 11.8. The standard InChI is InChI=1S/C15H24N2O3/c1-9-6-11(13(18)8-16)7-12(10(9)2)17-14(19)20-15(3,4)5/h6-7,13,18H,8,16H2,1-5H3,(H,17,19). The molecule has 1 aromatic carbocycles. The van der Waals surface area contributed by atoms with Crippen LogP contribution in [-0.4, -0.2) is 23.3 Å². The zero-order chi connectivity index (χ0) is 15.5. The fourth-order valence-electron chi connectivity index (χ4n) is 1.76. The molecule has 0 saturated heterocycles. The molecule has 112 valence electrons. The van der Waals surface area contributed by atoms with E-state index in [9.17, 15) is 9.90 Å². The third-order valence-corrected chi connectivity index (χ3v) is 2.93. The SMILES string of the molecule is Cc1cc(C(O)CN)cc(NC(=O)OC(C)(C)C)c1C. The first kappa shape index (κ1) is 16.5.